The summed E-state index contributed by atoms with van der Waals surface area (Å²) < 4.78 is 4.72. The Balaban J connectivity index is 1.04. The molecule has 0 bridgehead atoms. The molecule has 0 amide bonds. The monoisotopic (exact) mass is 867 g/mol. The van der Waals surface area contributed by atoms with Crippen LogP contribution in [-0.4, -0.2) is 24.1 Å². The molecule has 0 aliphatic carbocycles. The van der Waals surface area contributed by atoms with Crippen molar-refractivity contribution >= 4 is 43.6 Å². The number of hydrogen-bond acceptors (Lipinski definition) is 3. The van der Waals surface area contributed by atoms with Crippen molar-refractivity contribution in [2.75, 3.05) is 0 Å². The Kier molecular flexibility index (Phi) is 9.43. The predicted molar refractivity (Wildman–Crippen MR) is 281 cm³/mol. The molecule has 0 spiro atoms. The van der Waals surface area contributed by atoms with Crippen LogP contribution >= 0.6 is 0 Å². The molecule has 0 unspecified atom stereocenters. The molecule has 3 heterocycles. The highest BCUT2D eigenvalue weighted by atomic mass is 15.2. The normalized spacial score (nSPS) is 11.5. The van der Waals surface area contributed by atoms with E-state index in [1.54, 1.807) is 0 Å². The van der Waals surface area contributed by atoms with Gasteiger partial charge in [-0.1, -0.05) is 218 Å². The molecule has 0 radical (unpaired) electrons. The molecule has 0 aliphatic heterocycles. The van der Waals surface area contributed by atoms with Gasteiger partial charge in [0.1, 0.15) is 0 Å². The van der Waals surface area contributed by atoms with Crippen LogP contribution < -0.4 is 0 Å². The van der Waals surface area contributed by atoms with Crippen LogP contribution in [0.1, 0.15) is 0 Å². The molecule has 3 aromatic heterocycles. The Morgan fingerprint density at radius 3 is 1.26 bits per heavy atom. The van der Waals surface area contributed by atoms with Crippen LogP contribution in [0.15, 0.2) is 249 Å². The highest BCUT2D eigenvalue weighted by molar-refractivity contribution is 6.24. The van der Waals surface area contributed by atoms with Crippen LogP contribution in [0.5, 0.6) is 0 Å². The Labute approximate surface area is 393 Å². The summed E-state index contributed by atoms with van der Waals surface area (Å²) in [6.45, 7) is 0. The lowest BCUT2D eigenvalue weighted by Crippen LogP contribution is -2.07. The lowest BCUT2D eigenvalue weighted by molar-refractivity contribution is 0.953. The summed E-state index contributed by atoms with van der Waals surface area (Å²) in [5.74, 6) is 1.76. The van der Waals surface area contributed by atoms with Gasteiger partial charge in [-0.3, -0.25) is 4.57 Å². The lowest BCUT2D eigenvalue weighted by Gasteiger charge is -2.16. The summed E-state index contributed by atoms with van der Waals surface area (Å²) in [7, 11) is 0. The molecular weight excluding hydrogens is 827 g/mol. The largest absolute Gasteiger partial charge is 0.307 e. The number of hydrogen-bond donors (Lipinski definition) is 0. The van der Waals surface area contributed by atoms with E-state index in [-0.39, 0.29) is 0 Å². The number of nitrogens with zero attached hydrogens (tertiary/aromatic N) is 5. The molecule has 0 saturated heterocycles. The standard InChI is InChI=1S/C63H41N5/c1-4-18-42(19-5-1)47-24-16-25-48(40-47)44-34-36-45(37-35-44)51-28-10-13-31-56(51)67-57-32-14-11-29-52(57)54-38-39-55-53-30-12-15-33-58(53)68(60(55)59(54)67)63-65-61(46-22-8-3-9-23-46)64-62(66-63)50-27-17-26-49(41-50)43-20-6-2-7-21-43/h1-41H. The van der Waals surface area contributed by atoms with Crippen LogP contribution in [0.25, 0.3) is 123 Å². The third kappa shape index (κ3) is 6.68. The molecule has 13 rings (SSSR count). The SMILES string of the molecule is c1ccc(-c2cccc(-c3ccc(-c4ccccc4-n4c5ccccc5c5ccc6c7ccccc7n(-c7nc(-c8ccccc8)nc(-c8cccc(-c9ccccc9)c8)n7)c6c54)cc3)c2)cc1. The van der Waals surface area contributed by atoms with E-state index in [0.717, 1.165) is 77.3 Å². The summed E-state index contributed by atoms with van der Waals surface area (Å²) >= 11 is 0. The van der Waals surface area contributed by atoms with E-state index < -0.39 is 0 Å². The fourth-order valence-electron chi connectivity index (χ4n) is 10.0. The third-order valence-corrected chi connectivity index (χ3v) is 13.2. The topological polar surface area (TPSA) is 48.5 Å². The molecule has 0 fully saturated rings. The summed E-state index contributed by atoms with van der Waals surface area (Å²) in [5, 5.41) is 4.55. The molecule has 0 atom stereocenters. The molecule has 0 aliphatic rings. The van der Waals surface area contributed by atoms with Crippen molar-refractivity contribution in [2.45, 2.75) is 0 Å². The minimum Gasteiger partial charge on any atom is -0.307 e. The summed E-state index contributed by atoms with van der Waals surface area (Å²) in [5.41, 5.74) is 16.4. The first-order valence-electron chi connectivity index (χ1n) is 23.0. The average Bonchev–Trinajstić information content (AvgIpc) is 3.95. The van der Waals surface area contributed by atoms with Gasteiger partial charge in [0.25, 0.3) is 0 Å². The van der Waals surface area contributed by atoms with Crippen molar-refractivity contribution in [3.63, 3.8) is 0 Å². The van der Waals surface area contributed by atoms with Crippen molar-refractivity contribution < 1.29 is 0 Å². The van der Waals surface area contributed by atoms with E-state index in [2.05, 4.69) is 234 Å². The molecular formula is C63H41N5. The Morgan fingerprint density at radius 2 is 0.662 bits per heavy atom. The second-order valence-corrected chi connectivity index (χ2v) is 17.2. The fraction of sp³-hybridized carbons (Fsp3) is 0. The summed E-state index contributed by atoms with van der Waals surface area (Å²) in [4.78, 5) is 16.0. The van der Waals surface area contributed by atoms with Crippen LogP contribution in [0, 0.1) is 0 Å². The molecule has 68 heavy (non-hydrogen) atoms. The molecule has 13 aromatic rings. The second kappa shape index (κ2) is 16.4. The van der Waals surface area contributed by atoms with Gasteiger partial charge >= 0.3 is 0 Å². The molecule has 0 saturated carbocycles. The maximum Gasteiger partial charge on any atom is 0.238 e. The van der Waals surface area contributed by atoms with Gasteiger partial charge in [-0.25, -0.2) is 4.98 Å². The van der Waals surface area contributed by atoms with E-state index in [4.69, 9.17) is 15.0 Å². The Hall–Kier alpha value is -9.19. The Morgan fingerprint density at radius 1 is 0.250 bits per heavy atom. The zero-order chi connectivity index (χ0) is 45.0. The van der Waals surface area contributed by atoms with Crippen LogP contribution in [0.3, 0.4) is 0 Å². The van der Waals surface area contributed by atoms with Gasteiger partial charge in [-0.2, -0.15) is 9.97 Å². The molecule has 5 heteroatoms. The minimum atomic E-state index is 0.551. The minimum absolute atomic E-state index is 0.551. The zero-order valence-corrected chi connectivity index (χ0v) is 36.9. The third-order valence-electron chi connectivity index (χ3n) is 13.2. The smallest absolute Gasteiger partial charge is 0.238 e. The van der Waals surface area contributed by atoms with Gasteiger partial charge in [0, 0.05) is 38.2 Å². The van der Waals surface area contributed by atoms with E-state index in [0.29, 0.717) is 17.6 Å². The van der Waals surface area contributed by atoms with E-state index in [1.807, 2.05) is 24.3 Å². The number of aromatic nitrogens is 5. The van der Waals surface area contributed by atoms with Gasteiger partial charge in [0.05, 0.1) is 27.8 Å². The maximum absolute atomic E-state index is 5.42. The first-order chi connectivity index (χ1) is 33.7. The number of benzene rings is 10. The fourth-order valence-corrected chi connectivity index (χ4v) is 10.0. The first-order valence-corrected chi connectivity index (χ1v) is 23.0. The first kappa shape index (κ1) is 39.2. The van der Waals surface area contributed by atoms with Crippen molar-refractivity contribution in [1.82, 2.24) is 24.1 Å². The summed E-state index contributed by atoms with van der Waals surface area (Å²) in [6.07, 6.45) is 0. The van der Waals surface area contributed by atoms with Crippen molar-refractivity contribution in [3.05, 3.63) is 249 Å². The molecule has 5 nitrogen and oxygen atoms in total. The van der Waals surface area contributed by atoms with Crippen molar-refractivity contribution in [3.8, 4) is 78.9 Å². The highest BCUT2D eigenvalue weighted by Crippen LogP contribution is 2.43. The van der Waals surface area contributed by atoms with Crippen molar-refractivity contribution in [1.29, 1.82) is 0 Å². The van der Waals surface area contributed by atoms with Gasteiger partial charge in [-0.15, -0.1) is 0 Å². The average molecular weight is 868 g/mol. The van der Waals surface area contributed by atoms with Crippen LogP contribution in [-0.2, 0) is 0 Å². The number of rotatable bonds is 8. The number of fused-ring (bicyclic) bond motifs is 7. The summed E-state index contributed by atoms with van der Waals surface area (Å²) in [6, 6.07) is 88.2. The highest BCUT2D eigenvalue weighted by Gasteiger charge is 2.24. The zero-order valence-electron chi connectivity index (χ0n) is 36.9. The second-order valence-electron chi connectivity index (χ2n) is 17.2. The molecule has 0 N–H and O–H groups in total. The van der Waals surface area contributed by atoms with Crippen molar-refractivity contribution in [2.24, 2.45) is 0 Å². The van der Waals surface area contributed by atoms with Crippen LogP contribution in [0.2, 0.25) is 0 Å². The Bertz CT molecular complexity index is 4000. The van der Waals surface area contributed by atoms with E-state index >= 15 is 0 Å². The predicted octanol–water partition coefficient (Wildman–Crippen LogP) is 16.1. The number of para-hydroxylation sites is 3. The quantitative estimate of drug-likeness (QED) is 0.153. The lowest BCUT2D eigenvalue weighted by atomic mass is 9.96. The van der Waals surface area contributed by atoms with E-state index in [1.165, 1.54) is 27.6 Å². The molecule has 10 aromatic carbocycles. The van der Waals surface area contributed by atoms with Gasteiger partial charge in [-0.05, 0) is 69.3 Å². The maximum atomic E-state index is 5.42. The van der Waals surface area contributed by atoms with Crippen LogP contribution in [0.4, 0.5) is 0 Å². The van der Waals surface area contributed by atoms with Gasteiger partial charge in [0.2, 0.25) is 5.95 Å². The van der Waals surface area contributed by atoms with Gasteiger partial charge < -0.3 is 4.57 Å². The van der Waals surface area contributed by atoms with Gasteiger partial charge in [0.15, 0.2) is 11.6 Å². The molecule has 318 valence electrons. The van der Waals surface area contributed by atoms with E-state index in [9.17, 15) is 0 Å².